The maximum Gasteiger partial charge on any atom is 0.145 e. The minimum Gasteiger partial charge on any atom is -0.457 e. The van der Waals surface area contributed by atoms with E-state index in [1.54, 1.807) is 18.2 Å². The van der Waals surface area contributed by atoms with Crippen LogP contribution >= 0.6 is 11.6 Å². The number of nitrogens with zero attached hydrogens (tertiary/aromatic N) is 2. The standard InChI is InChI=1S/C36H22ClFN2O2/c1-21-17-34(39-20-30(21)22-9-11-24(38)12-10-22)40-31-16-15-28-27-7-2-3-8-33(27)42-36(28)35(31)29-14-13-26(19-32(29)40)41-25-6-4-5-23(37)18-25/h2-20H,1H3. The molecule has 202 valence electrons. The Balaban J connectivity index is 1.38. The van der Waals surface area contributed by atoms with E-state index in [1.807, 2.05) is 61.7 Å². The molecule has 0 bridgehead atoms. The van der Waals surface area contributed by atoms with Gasteiger partial charge in [0.15, 0.2) is 0 Å². The van der Waals surface area contributed by atoms with Crippen LogP contribution < -0.4 is 4.74 Å². The Labute approximate surface area is 245 Å². The van der Waals surface area contributed by atoms with Crippen molar-refractivity contribution in [3.8, 4) is 28.4 Å². The molecule has 0 radical (unpaired) electrons. The van der Waals surface area contributed by atoms with Gasteiger partial charge in [0.2, 0.25) is 0 Å². The monoisotopic (exact) mass is 568 g/mol. The summed E-state index contributed by atoms with van der Waals surface area (Å²) in [6.07, 6.45) is 1.85. The zero-order valence-electron chi connectivity index (χ0n) is 22.4. The van der Waals surface area contributed by atoms with Crippen LogP contribution in [0.1, 0.15) is 5.56 Å². The van der Waals surface area contributed by atoms with Crippen LogP contribution in [0.2, 0.25) is 5.02 Å². The van der Waals surface area contributed by atoms with Gasteiger partial charge in [0.25, 0.3) is 0 Å². The van der Waals surface area contributed by atoms with E-state index in [0.717, 1.165) is 66.3 Å². The van der Waals surface area contributed by atoms with Crippen molar-refractivity contribution >= 4 is 55.3 Å². The Bertz CT molecular complexity index is 2320. The van der Waals surface area contributed by atoms with Crippen molar-refractivity contribution in [1.29, 1.82) is 0 Å². The average Bonchev–Trinajstić information content (AvgIpc) is 3.53. The zero-order chi connectivity index (χ0) is 28.4. The second kappa shape index (κ2) is 9.47. The highest BCUT2D eigenvalue weighted by Crippen LogP contribution is 2.42. The average molecular weight is 569 g/mol. The number of hydrogen-bond acceptors (Lipinski definition) is 3. The molecule has 3 heterocycles. The highest BCUT2D eigenvalue weighted by Gasteiger charge is 2.20. The molecule has 8 rings (SSSR count). The summed E-state index contributed by atoms with van der Waals surface area (Å²) in [5.74, 6) is 1.82. The van der Waals surface area contributed by atoms with E-state index in [4.69, 9.17) is 25.7 Å². The number of aryl methyl sites for hydroxylation is 1. The van der Waals surface area contributed by atoms with Gasteiger partial charge in [-0.2, -0.15) is 0 Å². The number of ether oxygens (including phenoxy) is 1. The minimum atomic E-state index is -0.265. The molecule has 6 heteroatoms. The van der Waals surface area contributed by atoms with E-state index in [-0.39, 0.29) is 5.82 Å². The lowest BCUT2D eigenvalue weighted by molar-refractivity contribution is 0.483. The Hall–Kier alpha value is -5.13. The van der Waals surface area contributed by atoms with Crippen LogP contribution in [0.5, 0.6) is 11.5 Å². The Kier molecular flexibility index (Phi) is 5.56. The molecule has 0 N–H and O–H groups in total. The quantitative estimate of drug-likeness (QED) is 0.212. The zero-order valence-corrected chi connectivity index (χ0v) is 23.2. The summed E-state index contributed by atoms with van der Waals surface area (Å²) in [4.78, 5) is 4.91. The fraction of sp³-hybridized carbons (Fsp3) is 0.0278. The number of pyridine rings is 1. The summed E-state index contributed by atoms with van der Waals surface area (Å²) in [7, 11) is 0. The van der Waals surface area contributed by atoms with Crippen LogP contribution in [-0.4, -0.2) is 9.55 Å². The third-order valence-corrected chi connectivity index (χ3v) is 7.99. The van der Waals surface area contributed by atoms with Gasteiger partial charge in [0, 0.05) is 39.0 Å². The maximum absolute atomic E-state index is 13.6. The van der Waals surface area contributed by atoms with Crippen LogP contribution in [0, 0.1) is 12.7 Å². The number of halogens is 2. The van der Waals surface area contributed by atoms with E-state index in [9.17, 15) is 4.39 Å². The number of aromatic nitrogens is 2. The van der Waals surface area contributed by atoms with Crippen molar-refractivity contribution in [2.75, 3.05) is 0 Å². The highest BCUT2D eigenvalue weighted by atomic mass is 35.5. The molecular formula is C36H22ClFN2O2. The smallest absolute Gasteiger partial charge is 0.145 e. The first-order chi connectivity index (χ1) is 20.5. The molecule has 0 aliphatic heterocycles. The molecule has 0 aliphatic rings. The summed E-state index contributed by atoms with van der Waals surface area (Å²) in [5, 5.41) is 4.78. The van der Waals surface area contributed by atoms with Crippen LogP contribution in [0.3, 0.4) is 0 Å². The van der Waals surface area contributed by atoms with Crippen LogP contribution in [0.25, 0.3) is 60.7 Å². The van der Waals surface area contributed by atoms with Gasteiger partial charge >= 0.3 is 0 Å². The van der Waals surface area contributed by atoms with Crippen molar-refractivity contribution in [2.45, 2.75) is 6.92 Å². The van der Waals surface area contributed by atoms with Gasteiger partial charge < -0.3 is 9.15 Å². The third-order valence-electron chi connectivity index (χ3n) is 7.76. The molecule has 4 nitrogen and oxygen atoms in total. The first-order valence-electron chi connectivity index (χ1n) is 13.6. The third kappa shape index (κ3) is 3.93. The van der Waals surface area contributed by atoms with Crippen molar-refractivity contribution in [2.24, 2.45) is 0 Å². The number of rotatable bonds is 4. The first-order valence-corrected chi connectivity index (χ1v) is 14.0. The lowest BCUT2D eigenvalue weighted by Crippen LogP contribution is -1.99. The Morgan fingerprint density at radius 1 is 0.762 bits per heavy atom. The molecular weight excluding hydrogens is 547 g/mol. The second-order valence-electron chi connectivity index (χ2n) is 10.4. The van der Waals surface area contributed by atoms with Crippen molar-refractivity contribution < 1.29 is 13.5 Å². The molecule has 0 saturated carbocycles. The summed E-state index contributed by atoms with van der Waals surface area (Å²) >= 11 is 6.21. The highest BCUT2D eigenvalue weighted by molar-refractivity contribution is 6.30. The van der Waals surface area contributed by atoms with Crippen molar-refractivity contribution in [3.63, 3.8) is 0 Å². The SMILES string of the molecule is Cc1cc(-n2c3cc(Oc4cccc(Cl)c4)ccc3c3c4oc5ccccc5c4ccc32)ncc1-c1ccc(F)cc1. The van der Waals surface area contributed by atoms with Gasteiger partial charge in [-0.15, -0.1) is 0 Å². The molecule has 0 amide bonds. The predicted molar refractivity (Wildman–Crippen MR) is 168 cm³/mol. The number of para-hydroxylation sites is 1. The van der Waals surface area contributed by atoms with Crippen LogP contribution in [-0.2, 0) is 0 Å². The fourth-order valence-corrected chi connectivity index (χ4v) is 6.02. The molecule has 42 heavy (non-hydrogen) atoms. The van der Waals surface area contributed by atoms with E-state index in [2.05, 4.69) is 34.9 Å². The molecule has 8 aromatic rings. The van der Waals surface area contributed by atoms with E-state index >= 15 is 0 Å². The molecule has 0 spiro atoms. The minimum absolute atomic E-state index is 0.265. The summed E-state index contributed by atoms with van der Waals surface area (Å²) < 4.78 is 28.4. The fourth-order valence-electron chi connectivity index (χ4n) is 5.83. The normalized spacial score (nSPS) is 11.7. The summed E-state index contributed by atoms with van der Waals surface area (Å²) in [5.41, 5.74) is 6.47. The van der Waals surface area contributed by atoms with E-state index in [0.29, 0.717) is 16.5 Å². The van der Waals surface area contributed by atoms with Gasteiger partial charge in [0.1, 0.15) is 34.3 Å². The number of benzene rings is 5. The van der Waals surface area contributed by atoms with Gasteiger partial charge in [-0.1, -0.05) is 48.0 Å². The second-order valence-corrected chi connectivity index (χ2v) is 10.8. The van der Waals surface area contributed by atoms with E-state index < -0.39 is 0 Å². The molecule has 0 atom stereocenters. The van der Waals surface area contributed by atoms with Crippen LogP contribution in [0.4, 0.5) is 4.39 Å². The molecule has 0 unspecified atom stereocenters. The molecule has 5 aromatic carbocycles. The Morgan fingerprint density at radius 2 is 1.57 bits per heavy atom. The molecule has 0 aliphatic carbocycles. The number of hydrogen-bond donors (Lipinski definition) is 0. The van der Waals surface area contributed by atoms with Crippen molar-refractivity contribution in [1.82, 2.24) is 9.55 Å². The molecule has 3 aromatic heterocycles. The van der Waals surface area contributed by atoms with E-state index in [1.165, 1.54) is 12.1 Å². The molecule has 0 saturated heterocycles. The van der Waals surface area contributed by atoms with Gasteiger partial charge in [-0.25, -0.2) is 9.37 Å². The number of furan rings is 1. The lowest BCUT2D eigenvalue weighted by atomic mass is 10.0. The van der Waals surface area contributed by atoms with Crippen molar-refractivity contribution in [3.05, 3.63) is 132 Å². The largest absolute Gasteiger partial charge is 0.457 e. The van der Waals surface area contributed by atoms with Crippen LogP contribution in [0.15, 0.2) is 120 Å². The molecule has 0 fully saturated rings. The first kappa shape index (κ1) is 24.6. The lowest BCUT2D eigenvalue weighted by Gasteiger charge is -2.12. The topological polar surface area (TPSA) is 40.2 Å². The Morgan fingerprint density at radius 3 is 2.40 bits per heavy atom. The van der Waals surface area contributed by atoms with Gasteiger partial charge in [-0.05, 0) is 84.8 Å². The van der Waals surface area contributed by atoms with Gasteiger partial charge in [0.05, 0.1) is 16.4 Å². The van der Waals surface area contributed by atoms with Gasteiger partial charge in [-0.3, -0.25) is 4.57 Å². The summed E-state index contributed by atoms with van der Waals surface area (Å²) in [6, 6.07) is 34.3. The number of fused-ring (bicyclic) bond motifs is 7. The predicted octanol–water partition coefficient (Wildman–Crippen LogP) is 10.6. The summed E-state index contributed by atoms with van der Waals surface area (Å²) in [6.45, 7) is 2.04. The maximum atomic E-state index is 13.6.